The van der Waals surface area contributed by atoms with Gasteiger partial charge in [-0.1, -0.05) is 0 Å². The van der Waals surface area contributed by atoms with Gasteiger partial charge in [0.2, 0.25) is 0 Å². The fraction of sp³-hybridized carbons (Fsp3) is 0.615. The number of aromatic nitrogens is 4. The molecule has 1 fully saturated rings. The van der Waals surface area contributed by atoms with Crippen LogP contribution in [0.3, 0.4) is 0 Å². The van der Waals surface area contributed by atoms with E-state index in [-0.39, 0.29) is 5.65 Å². The van der Waals surface area contributed by atoms with E-state index < -0.39 is 12.0 Å². The van der Waals surface area contributed by atoms with Crippen molar-refractivity contribution in [1.82, 2.24) is 19.8 Å². The summed E-state index contributed by atoms with van der Waals surface area (Å²) in [7, 11) is 0. The summed E-state index contributed by atoms with van der Waals surface area (Å²) in [4.78, 5) is 0. The van der Waals surface area contributed by atoms with E-state index >= 15 is 0 Å². The summed E-state index contributed by atoms with van der Waals surface area (Å²) in [5, 5.41) is 14.6. The third-order valence-corrected chi connectivity index (χ3v) is 5.27. The predicted octanol–water partition coefficient (Wildman–Crippen LogP) is 3.07. The van der Waals surface area contributed by atoms with Gasteiger partial charge < -0.3 is 5.32 Å². The van der Waals surface area contributed by atoms with Crippen LogP contribution in [0.2, 0.25) is 0 Å². The van der Waals surface area contributed by atoms with Crippen molar-refractivity contribution in [1.29, 1.82) is 0 Å². The Kier molecular flexibility index (Phi) is 3.92. The lowest BCUT2D eigenvalue weighted by atomic mass is 10.2. The summed E-state index contributed by atoms with van der Waals surface area (Å²) in [6, 6.07) is 0. The van der Waals surface area contributed by atoms with Crippen LogP contribution in [0.4, 0.5) is 19.0 Å². The minimum atomic E-state index is -4.58. The minimum Gasteiger partial charge on any atom is -0.367 e. The number of aryl methyl sites for hydroxylation is 1. The predicted molar refractivity (Wildman–Crippen MR) is 79.2 cm³/mol. The van der Waals surface area contributed by atoms with Gasteiger partial charge in [0.15, 0.2) is 5.65 Å². The molecule has 0 bridgehead atoms. The summed E-state index contributed by atoms with van der Waals surface area (Å²) >= 11 is 1.88. The molecule has 5 nitrogen and oxygen atoms in total. The van der Waals surface area contributed by atoms with Gasteiger partial charge in [-0.25, -0.2) is 0 Å². The average Bonchev–Trinajstić information content (AvgIpc) is 3.09. The number of nitrogens with one attached hydrogen (secondary N) is 1. The molecule has 0 spiro atoms. The van der Waals surface area contributed by atoms with E-state index in [0.717, 1.165) is 22.3 Å². The van der Waals surface area contributed by atoms with Crippen LogP contribution in [0, 0.1) is 13.8 Å². The van der Waals surface area contributed by atoms with Gasteiger partial charge in [-0.3, -0.25) is 0 Å². The highest BCUT2D eigenvalue weighted by molar-refractivity contribution is 8.00. The minimum absolute atomic E-state index is 0.144. The summed E-state index contributed by atoms with van der Waals surface area (Å²) < 4.78 is 39.7. The number of hydrogen-bond acceptors (Lipinski definition) is 5. The van der Waals surface area contributed by atoms with Crippen LogP contribution in [0.5, 0.6) is 0 Å². The first kappa shape index (κ1) is 15.4. The van der Waals surface area contributed by atoms with Crippen LogP contribution in [-0.2, 0) is 6.18 Å². The van der Waals surface area contributed by atoms with E-state index in [2.05, 4.69) is 20.6 Å². The van der Waals surface area contributed by atoms with E-state index in [0.29, 0.717) is 23.2 Å². The summed E-state index contributed by atoms with van der Waals surface area (Å²) in [6.45, 7) is 4.26. The summed E-state index contributed by atoms with van der Waals surface area (Å²) in [5.74, 6) is 0.507. The molecule has 1 aliphatic heterocycles. The maximum atomic E-state index is 13.0. The van der Waals surface area contributed by atoms with E-state index in [1.807, 2.05) is 18.7 Å². The molecular weight excluding hydrogens is 315 g/mol. The Hall–Kier alpha value is -1.51. The number of alkyl halides is 3. The molecule has 0 aromatic carbocycles. The third-order valence-electron chi connectivity index (χ3n) is 3.87. The van der Waals surface area contributed by atoms with Crippen molar-refractivity contribution in [3.05, 3.63) is 17.0 Å². The van der Waals surface area contributed by atoms with Crippen molar-refractivity contribution in [3.8, 4) is 0 Å². The smallest absolute Gasteiger partial charge is 0.367 e. The highest BCUT2D eigenvalue weighted by Crippen LogP contribution is 2.30. The van der Waals surface area contributed by atoms with Crippen LogP contribution >= 0.6 is 11.8 Å². The maximum Gasteiger partial charge on any atom is 0.453 e. The average molecular weight is 331 g/mol. The first-order chi connectivity index (χ1) is 10.4. The summed E-state index contributed by atoms with van der Waals surface area (Å²) in [5.41, 5.74) is 1.60. The van der Waals surface area contributed by atoms with Crippen molar-refractivity contribution in [3.63, 3.8) is 0 Å². The monoisotopic (exact) mass is 331 g/mol. The molecule has 0 saturated carbocycles. The number of thioether (sulfide) groups is 1. The van der Waals surface area contributed by atoms with Gasteiger partial charge in [0.05, 0.1) is 0 Å². The van der Waals surface area contributed by atoms with E-state index in [9.17, 15) is 13.2 Å². The van der Waals surface area contributed by atoms with Crippen LogP contribution < -0.4 is 5.32 Å². The fourth-order valence-corrected chi connectivity index (χ4v) is 3.69. The Morgan fingerprint density at radius 1 is 1.27 bits per heavy atom. The molecule has 1 saturated heterocycles. The van der Waals surface area contributed by atoms with Crippen LogP contribution in [0.1, 0.15) is 29.8 Å². The molecule has 1 aliphatic rings. The molecule has 1 unspecified atom stereocenters. The highest BCUT2D eigenvalue weighted by Gasteiger charge is 2.38. The Bertz CT molecular complexity index is 691. The third kappa shape index (κ3) is 2.73. The van der Waals surface area contributed by atoms with Crippen molar-refractivity contribution in [2.75, 3.05) is 17.6 Å². The first-order valence-corrected chi connectivity index (χ1v) is 8.08. The molecule has 2 aromatic heterocycles. The lowest BCUT2D eigenvalue weighted by Gasteiger charge is -2.14. The van der Waals surface area contributed by atoms with Gasteiger partial charge in [0, 0.05) is 17.4 Å². The van der Waals surface area contributed by atoms with Gasteiger partial charge in [-0.2, -0.15) is 29.4 Å². The number of rotatable bonds is 3. The number of nitrogens with zero attached hydrogens (tertiary/aromatic N) is 4. The molecule has 0 amide bonds. The molecule has 120 valence electrons. The Balaban J connectivity index is 1.97. The normalized spacial score (nSPS) is 19.0. The zero-order valence-electron chi connectivity index (χ0n) is 12.2. The fourth-order valence-electron chi connectivity index (χ4n) is 2.49. The van der Waals surface area contributed by atoms with Gasteiger partial charge in [-0.15, -0.1) is 15.3 Å². The second kappa shape index (κ2) is 5.60. The molecule has 1 N–H and O–H groups in total. The number of halogens is 3. The van der Waals surface area contributed by atoms with Crippen molar-refractivity contribution in [2.24, 2.45) is 0 Å². The van der Waals surface area contributed by atoms with E-state index in [4.69, 9.17) is 0 Å². The van der Waals surface area contributed by atoms with Gasteiger partial charge >= 0.3 is 6.18 Å². The first-order valence-electron chi connectivity index (χ1n) is 7.03. The Morgan fingerprint density at radius 3 is 2.68 bits per heavy atom. The molecule has 0 aliphatic carbocycles. The lowest BCUT2D eigenvalue weighted by molar-refractivity contribution is -0.146. The molecule has 3 heterocycles. The molecule has 9 heteroatoms. The Labute approximate surface area is 129 Å². The molecule has 3 rings (SSSR count). The van der Waals surface area contributed by atoms with E-state index in [1.54, 1.807) is 6.92 Å². The number of anilines is 1. The van der Waals surface area contributed by atoms with Crippen LogP contribution in [0.15, 0.2) is 0 Å². The topological polar surface area (TPSA) is 55.1 Å². The van der Waals surface area contributed by atoms with Crippen molar-refractivity contribution >= 4 is 23.2 Å². The second-order valence-electron chi connectivity index (χ2n) is 5.37. The van der Waals surface area contributed by atoms with Crippen molar-refractivity contribution in [2.45, 2.75) is 38.1 Å². The number of fused-ring (bicyclic) bond motifs is 1. The quantitative estimate of drug-likeness (QED) is 0.937. The zero-order valence-corrected chi connectivity index (χ0v) is 13.1. The molecule has 0 radical (unpaired) electrons. The standard InChI is InChI=1S/C13H16F3N5S/c1-7-8(2)11-18-19-12(13(14,15)16)21(11)20-10(7)17-6-9-4-3-5-22-9/h9H,3-6H2,1-2H3,(H,17,20). The van der Waals surface area contributed by atoms with Crippen LogP contribution in [-0.4, -0.2) is 37.4 Å². The molecule has 22 heavy (non-hydrogen) atoms. The second-order valence-corrected chi connectivity index (χ2v) is 6.78. The SMILES string of the molecule is Cc1c(NCC2CCCS2)nn2c(C(F)(F)F)nnc2c1C. The molecular formula is C13H16F3N5S. The van der Waals surface area contributed by atoms with Crippen molar-refractivity contribution < 1.29 is 13.2 Å². The zero-order chi connectivity index (χ0) is 15.9. The Morgan fingerprint density at radius 2 is 2.05 bits per heavy atom. The van der Waals surface area contributed by atoms with E-state index in [1.165, 1.54) is 6.42 Å². The van der Waals surface area contributed by atoms with Gasteiger partial charge in [0.1, 0.15) is 5.82 Å². The maximum absolute atomic E-state index is 13.0. The van der Waals surface area contributed by atoms with Gasteiger partial charge in [0.25, 0.3) is 5.82 Å². The summed E-state index contributed by atoms with van der Waals surface area (Å²) in [6.07, 6.45) is -2.27. The van der Waals surface area contributed by atoms with Gasteiger partial charge in [-0.05, 0) is 38.0 Å². The molecule has 2 aromatic rings. The molecule has 1 atom stereocenters. The highest BCUT2D eigenvalue weighted by atomic mass is 32.2. The van der Waals surface area contributed by atoms with Crippen LogP contribution in [0.25, 0.3) is 5.65 Å². The number of hydrogen-bond donors (Lipinski definition) is 1. The largest absolute Gasteiger partial charge is 0.453 e. The lowest BCUT2D eigenvalue weighted by Crippen LogP contribution is -2.18.